The van der Waals surface area contributed by atoms with Crippen LogP contribution in [0.1, 0.15) is 51.5 Å². The van der Waals surface area contributed by atoms with Gasteiger partial charge in [0.2, 0.25) is 0 Å². The Labute approximate surface area is 141 Å². The molecule has 1 heterocycles. The summed E-state index contributed by atoms with van der Waals surface area (Å²) in [6, 6.07) is 5.87. The van der Waals surface area contributed by atoms with Crippen LogP contribution in [-0.2, 0) is 6.54 Å². The number of ketones is 2. The van der Waals surface area contributed by atoms with Crippen LogP contribution in [0.2, 0.25) is 0 Å². The summed E-state index contributed by atoms with van der Waals surface area (Å²) in [7, 11) is 1.85. The van der Waals surface area contributed by atoms with E-state index in [-0.39, 0.29) is 23.4 Å². The number of aryl methyl sites for hydroxylation is 1. The first-order valence-corrected chi connectivity index (χ1v) is 7.91. The highest BCUT2D eigenvalue weighted by Gasteiger charge is 2.25. The number of aromatic amines is 1. The Morgan fingerprint density at radius 3 is 2.29 bits per heavy atom. The molecule has 2 aromatic rings. The fourth-order valence-corrected chi connectivity index (χ4v) is 2.95. The van der Waals surface area contributed by atoms with Crippen LogP contribution in [0.5, 0.6) is 0 Å². The minimum absolute atomic E-state index is 0.0485. The number of hydrogen-bond acceptors (Lipinski definition) is 3. The van der Waals surface area contributed by atoms with Crippen molar-refractivity contribution in [2.45, 2.75) is 40.3 Å². The van der Waals surface area contributed by atoms with Crippen molar-refractivity contribution in [2.75, 3.05) is 7.05 Å². The zero-order valence-electron chi connectivity index (χ0n) is 14.7. The third-order valence-corrected chi connectivity index (χ3v) is 4.42. The molecule has 1 atom stereocenters. The van der Waals surface area contributed by atoms with Crippen LogP contribution in [0.15, 0.2) is 24.3 Å². The molecule has 0 radical (unpaired) electrons. The van der Waals surface area contributed by atoms with Gasteiger partial charge in [-0.05, 0) is 58.0 Å². The number of rotatable bonds is 6. The van der Waals surface area contributed by atoms with E-state index in [2.05, 4.69) is 4.98 Å². The highest BCUT2D eigenvalue weighted by molar-refractivity contribution is 6.05. The average molecular weight is 330 g/mol. The van der Waals surface area contributed by atoms with Crippen LogP contribution in [0.25, 0.3) is 0 Å². The second kappa shape index (κ2) is 7.09. The number of carbonyl (C=O) groups is 2. The molecule has 0 aliphatic carbocycles. The summed E-state index contributed by atoms with van der Waals surface area (Å²) in [6.07, 6.45) is 0. The number of H-pyrrole nitrogens is 1. The Kier molecular flexibility index (Phi) is 5.34. The van der Waals surface area contributed by atoms with E-state index < -0.39 is 0 Å². The summed E-state index contributed by atoms with van der Waals surface area (Å²) in [5.74, 6) is -0.389. The minimum atomic E-state index is -0.369. The first kappa shape index (κ1) is 18.1. The van der Waals surface area contributed by atoms with Crippen LogP contribution in [-0.4, -0.2) is 34.5 Å². The lowest BCUT2D eigenvalue weighted by Gasteiger charge is -2.23. The molecule has 5 heteroatoms. The number of carbonyl (C=O) groups excluding carboxylic acids is 2. The lowest BCUT2D eigenvalue weighted by Crippen LogP contribution is -2.36. The van der Waals surface area contributed by atoms with Crippen molar-refractivity contribution < 1.29 is 14.0 Å². The van der Waals surface area contributed by atoms with Gasteiger partial charge >= 0.3 is 0 Å². The molecular weight excluding hydrogens is 307 g/mol. The summed E-state index contributed by atoms with van der Waals surface area (Å²) < 4.78 is 13.0. The van der Waals surface area contributed by atoms with Crippen molar-refractivity contribution >= 4 is 11.6 Å². The molecule has 24 heavy (non-hydrogen) atoms. The molecule has 4 nitrogen and oxygen atoms in total. The van der Waals surface area contributed by atoms with Crippen LogP contribution in [0, 0.1) is 19.7 Å². The normalized spacial score (nSPS) is 12.5. The summed E-state index contributed by atoms with van der Waals surface area (Å²) in [6.45, 7) is 7.45. The molecule has 0 saturated carbocycles. The number of aromatic nitrogens is 1. The summed E-state index contributed by atoms with van der Waals surface area (Å²) >= 11 is 0. The van der Waals surface area contributed by atoms with Crippen molar-refractivity contribution in [3.8, 4) is 0 Å². The van der Waals surface area contributed by atoms with Gasteiger partial charge in [-0.1, -0.05) is 12.1 Å². The number of Topliss-reactive ketones (excluding diaryl/α,β-unsaturated/α-hetero) is 2. The van der Waals surface area contributed by atoms with Gasteiger partial charge in [0.1, 0.15) is 5.82 Å². The number of halogens is 1. The highest BCUT2D eigenvalue weighted by atomic mass is 19.1. The van der Waals surface area contributed by atoms with Crippen LogP contribution in [0.3, 0.4) is 0 Å². The Hall–Kier alpha value is -2.27. The first-order chi connectivity index (χ1) is 11.2. The molecule has 0 aliphatic heterocycles. The molecule has 0 aliphatic rings. The van der Waals surface area contributed by atoms with Crippen LogP contribution in [0.4, 0.5) is 4.39 Å². The number of nitrogens with one attached hydrogen (secondary N) is 1. The molecule has 0 spiro atoms. The van der Waals surface area contributed by atoms with Gasteiger partial charge in [-0.25, -0.2) is 4.39 Å². The maximum Gasteiger partial charge on any atom is 0.196 e. The topological polar surface area (TPSA) is 53.2 Å². The van der Waals surface area contributed by atoms with Gasteiger partial charge in [0.25, 0.3) is 0 Å². The van der Waals surface area contributed by atoms with Crippen molar-refractivity contribution in [1.82, 2.24) is 9.88 Å². The lowest BCUT2D eigenvalue weighted by molar-refractivity contribution is 0.0856. The number of hydrogen-bond donors (Lipinski definition) is 1. The van der Waals surface area contributed by atoms with E-state index in [1.807, 2.05) is 18.9 Å². The molecule has 2 rings (SSSR count). The highest BCUT2D eigenvalue weighted by Crippen LogP contribution is 2.21. The van der Waals surface area contributed by atoms with E-state index in [9.17, 15) is 14.0 Å². The third-order valence-electron chi connectivity index (χ3n) is 4.42. The first-order valence-electron chi connectivity index (χ1n) is 7.91. The van der Waals surface area contributed by atoms with Gasteiger partial charge in [0, 0.05) is 17.8 Å². The monoisotopic (exact) mass is 330 g/mol. The molecule has 0 fully saturated rings. The van der Waals surface area contributed by atoms with Crippen LogP contribution < -0.4 is 0 Å². The van der Waals surface area contributed by atoms with E-state index in [0.717, 1.165) is 11.3 Å². The Morgan fingerprint density at radius 1 is 1.21 bits per heavy atom. The summed E-state index contributed by atoms with van der Waals surface area (Å²) in [5.41, 5.74) is 3.43. The predicted octanol–water partition coefficient (Wildman–Crippen LogP) is 3.68. The SMILES string of the molecule is CC(=O)c1c(C)[nH]c(C(=O)[C@H](C)N(C)Cc2ccc(F)cc2)c1C. The number of likely N-dealkylation sites (N-methyl/N-ethyl adjacent to an activating group) is 1. The maximum atomic E-state index is 13.0. The molecule has 0 unspecified atom stereocenters. The van der Waals surface area contributed by atoms with Crippen molar-refractivity contribution in [3.63, 3.8) is 0 Å². The van der Waals surface area contributed by atoms with Crippen molar-refractivity contribution in [1.29, 1.82) is 0 Å². The Bertz CT molecular complexity index is 762. The molecule has 0 bridgehead atoms. The van der Waals surface area contributed by atoms with E-state index in [0.29, 0.717) is 23.4 Å². The predicted molar refractivity (Wildman–Crippen MR) is 91.9 cm³/mol. The minimum Gasteiger partial charge on any atom is -0.355 e. The summed E-state index contributed by atoms with van der Waals surface area (Å²) in [5, 5.41) is 0. The van der Waals surface area contributed by atoms with E-state index in [4.69, 9.17) is 0 Å². The summed E-state index contributed by atoms with van der Waals surface area (Å²) in [4.78, 5) is 29.5. The van der Waals surface area contributed by atoms with Gasteiger partial charge in [-0.15, -0.1) is 0 Å². The fourth-order valence-electron chi connectivity index (χ4n) is 2.95. The number of benzene rings is 1. The quantitative estimate of drug-likeness (QED) is 0.822. The van der Waals surface area contributed by atoms with E-state index in [1.54, 1.807) is 26.0 Å². The van der Waals surface area contributed by atoms with Gasteiger partial charge in [0.05, 0.1) is 11.7 Å². The third kappa shape index (κ3) is 3.62. The molecule has 0 saturated heterocycles. The van der Waals surface area contributed by atoms with Crippen molar-refractivity contribution in [3.05, 3.63) is 58.2 Å². The van der Waals surface area contributed by atoms with Gasteiger partial charge in [-0.2, -0.15) is 0 Å². The van der Waals surface area contributed by atoms with Crippen LogP contribution >= 0.6 is 0 Å². The standard InChI is InChI=1S/C19H23FN2O2/c1-11-17(14(4)23)12(2)21-18(11)19(24)13(3)22(5)10-15-6-8-16(20)9-7-15/h6-9,13,21H,10H2,1-5H3/t13-/m0/s1. The Morgan fingerprint density at radius 2 is 1.79 bits per heavy atom. The smallest absolute Gasteiger partial charge is 0.196 e. The average Bonchev–Trinajstić information content (AvgIpc) is 2.82. The second-order valence-corrected chi connectivity index (χ2v) is 6.26. The van der Waals surface area contributed by atoms with E-state index in [1.165, 1.54) is 19.1 Å². The molecule has 1 aromatic carbocycles. The zero-order chi connectivity index (χ0) is 18.0. The van der Waals surface area contributed by atoms with Gasteiger partial charge in [0.15, 0.2) is 11.6 Å². The van der Waals surface area contributed by atoms with Crippen molar-refractivity contribution in [2.24, 2.45) is 0 Å². The van der Waals surface area contributed by atoms with Gasteiger partial charge < -0.3 is 4.98 Å². The molecule has 1 aromatic heterocycles. The molecule has 0 amide bonds. The fraction of sp³-hybridized carbons (Fsp3) is 0.368. The molecular formula is C19H23FN2O2. The molecule has 128 valence electrons. The maximum absolute atomic E-state index is 13.0. The zero-order valence-corrected chi connectivity index (χ0v) is 14.7. The largest absolute Gasteiger partial charge is 0.355 e. The van der Waals surface area contributed by atoms with E-state index >= 15 is 0 Å². The Balaban J connectivity index is 2.18. The molecule has 1 N–H and O–H groups in total. The lowest BCUT2D eigenvalue weighted by atomic mass is 10.0. The van der Waals surface area contributed by atoms with Gasteiger partial charge in [-0.3, -0.25) is 14.5 Å². The second-order valence-electron chi connectivity index (χ2n) is 6.26. The number of nitrogens with zero attached hydrogens (tertiary/aromatic N) is 1.